The lowest BCUT2D eigenvalue weighted by atomic mass is 9.90. The monoisotopic (exact) mass is 478 g/mol. The van der Waals surface area contributed by atoms with Gasteiger partial charge < -0.3 is 10.5 Å². The number of imidazole rings is 1. The predicted octanol–water partition coefficient (Wildman–Crippen LogP) is 3.41. The number of hydrogen-bond donors (Lipinski definition) is 1. The fourth-order valence-electron chi connectivity index (χ4n) is 5.35. The first-order valence-electron chi connectivity index (χ1n) is 13.1. The maximum absolute atomic E-state index is 6.12. The number of fused-ring (bicyclic) bond motifs is 1. The molecule has 0 unspecified atom stereocenters. The highest BCUT2D eigenvalue weighted by molar-refractivity contribution is 5.59. The van der Waals surface area contributed by atoms with E-state index in [0.717, 1.165) is 43.9 Å². The molecule has 0 aromatic carbocycles. The lowest BCUT2D eigenvalue weighted by Gasteiger charge is -2.34. The van der Waals surface area contributed by atoms with Crippen LogP contribution in [0.15, 0.2) is 18.5 Å². The Balaban J connectivity index is 1.24. The Labute approximate surface area is 207 Å². The lowest BCUT2D eigenvalue weighted by Crippen LogP contribution is -2.41. The molecule has 2 aliphatic heterocycles. The Morgan fingerprint density at radius 3 is 2.57 bits per heavy atom. The van der Waals surface area contributed by atoms with Gasteiger partial charge in [-0.15, -0.1) is 5.10 Å². The number of nitrogens with zero attached hydrogens (tertiary/aromatic N) is 7. The number of nitrogens with two attached hydrogens (primary N) is 1. The molecule has 0 aliphatic carbocycles. The standard InChI is InChI=1S/C26H38N8O/c1-3-4-13-35-26-30-24(27)25-29-17-22(34(25)31-26)15-20-14-19(2)23(28-16-20)21-7-11-33(12-8-21)18-32-9-5-6-10-32/h14,16-17,21H,3-13,15,18H2,1-2H3,(H2,27,30,31). The zero-order valence-corrected chi connectivity index (χ0v) is 21.1. The normalized spacial score (nSPS) is 18.0. The van der Waals surface area contributed by atoms with E-state index in [1.807, 2.05) is 12.4 Å². The van der Waals surface area contributed by atoms with Crippen molar-refractivity contribution in [2.75, 3.05) is 45.2 Å². The molecular weight excluding hydrogens is 440 g/mol. The molecule has 0 bridgehead atoms. The summed E-state index contributed by atoms with van der Waals surface area (Å²) in [6.45, 7) is 10.9. The van der Waals surface area contributed by atoms with Crippen LogP contribution in [0.2, 0.25) is 0 Å². The molecule has 9 heteroatoms. The highest BCUT2D eigenvalue weighted by Gasteiger charge is 2.25. The van der Waals surface area contributed by atoms with Crippen LogP contribution in [0, 0.1) is 6.92 Å². The molecule has 0 saturated carbocycles. The van der Waals surface area contributed by atoms with Gasteiger partial charge in [0.25, 0.3) is 0 Å². The average Bonchev–Trinajstić information content (AvgIpc) is 3.51. The second kappa shape index (κ2) is 10.9. The number of likely N-dealkylation sites (tertiary alicyclic amines) is 2. The van der Waals surface area contributed by atoms with E-state index in [4.69, 9.17) is 15.5 Å². The molecule has 35 heavy (non-hydrogen) atoms. The summed E-state index contributed by atoms with van der Waals surface area (Å²) >= 11 is 0. The zero-order valence-electron chi connectivity index (χ0n) is 21.1. The van der Waals surface area contributed by atoms with Crippen LogP contribution in [0.5, 0.6) is 6.01 Å². The van der Waals surface area contributed by atoms with Gasteiger partial charge in [-0.1, -0.05) is 19.4 Å². The summed E-state index contributed by atoms with van der Waals surface area (Å²) in [6.07, 6.45) is 11.6. The molecule has 0 radical (unpaired) electrons. The molecule has 2 N–H and O–H groups in total. The van der Waals surface area contributed by atoms with Crippen molar-refractivity contribution in [1.82, 2.24) is 34.4 Å². The second-order valence-corrected chi connectivity index (χ2v) is 10.0. The number of piperidine rings is 1. The number of pyridine rings is 1. The Kier molecular flexibility index (Phi) is 7.43. The Hall–Kier alpha value is -2.78. The van der Waals surface area contributed by atoms with Gasteiger partial charge in [0.2, 0.25) is 0 Å². The van der Waals surface area contributed by atoms with E-state index in [1.165, 1.54) is 50.0 Å². The topological polar surface area (TPSA) is 97.7 Å². The molecule has 0 amide bonds. The number of unbranched alkanes of at least 4 members (excludes halogenated alkanes) is 1. The minimum absolute atomic E-state index is 0.295. The number of rotatable bonds is 9. The van der Waals surface area contributed by atoms with Gasteiger partial charge in [-0.05, 0) is 63.2 Å². The van der Waals surface area contributed by atoms with Crippen molar-refractivity contribution in [2.24, 2.45) is 0 Å². The minimum atomic E-state index is 0.295. The van der Waals surface area contributed by atoms with E-state index in [2.05, 4.69) is 44.8 Å². The summed E-state index contributed by atoms with van der Waals surface area (Å²) in [4.78, 5) is 18.8. The van der Waals surface area contributed by atoms with E-state index in [9.17, 15) is 0 Å². The summed E-state index contributed by atoms with van der Waals surface area (Å²) in [6, 6.07) is 2.56. The number of ether oxygens (including phenoxy) is 1. The van der Waals surface area contributed by atoms with Crippen molar-refractivity contribution in [3.05, 3.63) is 41.0 Å². The van der Waals surface area contributed by atoms with Crippen LogP contribution in [0.4, 0.5) is 5.82 Å². The summed E-state index contributed by atoms with van der Waals surface area (Å²) in [5, 5.41) is 4.53. The highest BCUT2D eigenvalue weighted by Crippen LogP contribution is 2.30. The summed E-state index contributed by atoms with van der Waals surface area (Å²) < 4.78 is 7.44. The largest absolute Gasteiger partial charge is 0.462 e. The van der Waals surface area contributed by atoms with Crippen molar-refractivity contribution in [3.63, 3.8) is 0 Å². The van der Waals surface area contributed by atoms with Crippen molar-refractivity contribution in [3.8, 4) is 6.01 Å². The number of aromatic nitrogens is 5. The molecule has 2 fully saturated rings. The van der Waals surface area contributed by atoms with Crippen LogP contribution in [-0.4, -0.2) is 73.8 Å². The Bertz CT molecular complexity index is 1130. The van der Waals surface area contributed by atoms with Crippen LogP contribution >= 0.6 is 0 Å². The first kappa shape index (κ1) is 23.9. The van der Waals surface area contributed by atoms with E-state index in [1.54, 1.807) is 4.52 Å². The highest BCUT2D eigenvalue weighted by atomic mass is 16.5. The first-order chi connectivity index (χ1) is 17.1. The molecule has 9 nitrogen and oxygen atoms in total. The van der Waals surface area contributed by atoms with Crippen LogP contribution in [0.25, 0.3) is 5.65 Å². The number of aryl methyl sites for hydroxylation is 1. The third-order valence-corrected chi connectivity index (χ3v) is 7.30. The molecule has 188 valence electrons. The van der Waals surface area contributed by atoms with E-state index in [-0.39, 0.29) is 0 Å². The van der Waals surface area contributed by atoms with Crippen molar-refractivity contribution in [2.45, 2.75) is 64.7 Å². The number of hydrogen-bond acceptors (Lipinski definition) is 8. The van der Waals surface area contributed by atoms with E-state index >= 15 is 0 Å². The molecule has 3 aromatic heterocycles. The quantitative estimate of drug-likeness (QED) is 0.467. The van der Waals surface area contributed by atoms with Gasteiger partial charge in [0.05, 0.1) is 25.2 Å². The van der Waals surface area contributed by atoms with Gasteiger partial charge in [-0.3, -0.25) is 14.8 Å². The van der Waals surface area contributed by atoms with Gasteiger partial charge in [0.15, 0.2) is 11.5 Å². The molecule has 5 rings (SSSR count). The summed E-state index contributed by atoms with van der Waals surface area (Å²) in [5.74, 6) is 0.878. The fourth-order valence-corrected chi connectivity index (χ4v) is 5.35. The second-order valence-electron chi connectivity index (χ2n) is 10.0. The SMILES string of the molecule is CCCCOc1nc(N)c2ncc(Cc3cnc(C4CCN(CN5CCCC5)CC4)c(C)c3)n2n1. The molecular formula is C26H38N8O. The maximum Gasteiger partial charge on any atom is 0.336 e. The van der Waals surface area contributed by atoms with Crippen molar-refractivity contribution >= 4 is 11.5 Å². The fraction of sp³-hybridized carbons (Fsp3) is 0.615. The first-order valence-corrected chi connectivity index (χ1v) is 13.1. The van der Waals surface area contributed by atoms with Gasteiger partial charge in [-0.25, -0.2) is 9.50 Å². The van der Waals surface area contributed by atoms with Gasteiger partial charge in [0, 0.05) is 37.3 Å². The molecule has 0 atom stereocenters. The van der Waals surface area contributed by atoms with Gasteiger partial charge >= 0.3 is 6.01 Å². The van der Waals surface area contributed by atoms with E-state index < -0.39 is 0 Å². The smallest absolute Gasteiger partial charge is 0.336 e. The van der Waals surface area contributed by atoms with Crippen molar-refractivity contribution in [1.29, 1.82) is 0 Å². The molecule has 3 aromatic rings. The molecule has 0 spiro atoms. The van der Waals surface area contributed by atoms with E-state index in [0.29, 0.717) is 36.4 Å². The Morgan fingerprint density at radius 2 is 1.83 bits per heavy atom. The van der Waals surface area contributed by atoms with Gasteiger partial charge in [0.1, 0.15) is 0 Å². The minimum Gasteiger partial charge on any atom is -0.462 e. The Morgan fingerprint density at radius 1 is 1.06 bits per heavy atom. The lowest BCUT2D eigenvalue weighted by molar-refractivity contribution is 0.123. The van der Waals surface area contributed by atoms with Gasteiger partial charge in [-0.2, -0.15) is 4.98 Å². The van der Waals surface area contributed by atoms with Crippen LogP contribution < -0.4 is 10.5 Å². The zero-order chi connectivity index (χ0) is 24.2. The molecule has 2 saturated heterocycles. The van der Waals surface area contributed by atoms with Crippen LogP contribution in [-0.2, 0) is 6.42 Å². The number of anilines is 1. The molecule has 5 heterocycles. The third-order valence-electron chi connectivity index (χ3n) is 7.30. The van der Waals surface area contributed by atoms with Crippen molar-refractivity contribution < 1.29 is 4.74 Å². The number of nitrogen functional groups attached to an aromatic ring is 1. The van der Waals surface area contributed by atoms with Crippen LogP contribution in [0.1, 0.15) is 73.9 Å². The predicted molar refractivity (Wildman–Crippen MR) is 137 cm³/mol. The summed E-state index contributed by atoms with van der Waals surface area (Å²) in [5.41, 5.74) is 11.3. The third kappa shape index (κ3) is 5.56. The maximum atomic E-state index is 6.12. The van der Waals surface area contributed by atoms with Crippen LogP contribution in [0.3, 0.4) is 0 Å². The molecule has 2 aliphatic rings. The summed E-state index contributed by atoms with van der Waals surface area (Å²) in [7, 11) is 0. The average molecular weight is 479 g/mol.